The summed E-state index contributed by atoms with van der Waals surface area (Å²) in [5, 5.41) is 0. The van der Waals surface area contributed by atoms with Crippen molar-refractivity contribution in [1.29, 1.82) is 0 Å². The molecule has 0 unspecified atom stereocenters. The van der Waals surface area contributed by atoms with E-state index >= 15 is 0 Å². The van der Waals surface area contributed by atoms with E-state index in [0.29, 0.717) is 0 Å². The average molecular weight is 225 g/mol. The maximum absolute atomic E-state index is 2.51. The summed E-state index contributed by atoms with van der Waals surface area (Å²) in [6.07, 6.45) is 0. The molecule has 0 heterocycles. The molecule has 0 rings (SSSR count). The third-order valence-electron chi connectivity index (χ3n) is 1.92. The highest BCUT2D eigenvalue weighted by atomic mass is 28.4. The first kappa shape index (κ1) is 29.2. The maximum Gasteiger partial charge on any atom is 0.0442 e. The van der Waals surface area contributed by atoms with E-state index < -0.39 is 8.07 Å². The third kappa shape index (κ3) is 19.0. The Morgan fingerprint density at radius 1 is 0.923 bits per heavy atom. The molecule has 0 atom stereocenters. The van der Waals surface area contributed by atoms with Gasteiger partial charge in [0.15, 0.2) is 0 Å². The van der Waals surface area contributed by atoms with Gasteiger partial charge in [0.2, 0.25) is 0 Å². The van der Waals surface area contributed by atoms with Crippen LogP contribution in [0.1, 0.15) is 36.6 Å². The second-order valence-electron chi connectivity index (χ2n) is 4.12. The second-order valence-corrected chi connectivity index (χ2v) is 13.6. The van der Waals surface area contributed by atoms with E-state index in [2.05, 4.69) is 33.1 Å². The van der Waals surface area contributed by atoms with Crippen LogP contribution in [0.15, 0.2) is 0 Å². The molecule has 0 amide bonds. The van der Waals surface area contributed by atoms with Crippen molar-refractivity contribution in [1.82, 2.24) is 0 Å². The van der Waals surface area contributed by atoms with E-state index in [1.165, 1.54) is 6.04 Å². The smallest absolute Gasteiger partial charge is 0.0442 e. The van der Waals surface area contributed by atoms with Crippen LogP contribution in [0.2, 0.25) is 37.9 Å². The Labute approximate surface area is 91.8 Å². The van der Waals surface area contributed by atoms with Gasteiger partial charge >= 0.3 is 0 Å². The molecule has 0 bridgehead atoms. The Bertz CT molecular complexity index is 78.2. The van der Waals surface area contributed by atoms with Gasteiger partial charge in [-0.1, -0.05) is 74.5 Å². The molecule has 0 fully saturated rings. The summed E-state index contributed by atoms with van der Waals surface area (Å²) < 4.78 is 0. The summed E-state index contributed by atoms with van der Waals surface area (Å²) in [6, 6.07) is 1.47. The first-order valence-corrected chi connectivity index (χ1v) is 10.5. The molecule has 0 N–H and O–H groups in total. The van der Waals surface area contributed by atoms with Crippen LogP contribution < -0.4 is 0 Å². The highest BCUT2D eigenvalue weighted by Crippen LogP contribution is 2.15. The summed E-state index contributed by atoms with van der Waals surface area (Å²) in [6.45, 7) is 12.3. The summed E-state index contributed by atoms with van der Waals surface area (Å²) in [5.74, 6) is 0. The van der Waals surface area contributed by atoms with Gasteiger partial charge in [-0.3, -0.25) is 0 Å². The number of rotatable bonds is 3. The lowest BCUT2D eigenvalue weighted by molar-refractivity contribution is 1.33. The number of hydrogen-bond donors (Lipinski definition) is 0. The van der Waals surface area contributed by atoms with Crippen LogP contribution in [0, 0.1) is 0 Å². The Hall–Kier alpha value is 0.434. The van der Waals surface area contributed by atoms with E-state index in [9.17, 15) is 0 Å². The predicted molar refractivity (Wildman–Crippen MR) is 78.6 cm³/mol. The van der Waals surface area contributed by atoms with Gasteiger partial charge in [0.1, 0.15) is 0 Å². The predicted octanol–water partition coefficient (Wildman–Crippen LogP) is 5.29. The van der Waals surface area contributed by atoms with Crippen molar-refractivity contribution in [2.24, 2.45) is 0 Å². The Balaban J connectivity index is -0.0000000533. The first-order valence-electron chi connectivity index (χ1n) is 3.98. The minimum atomic E-state index is -0.679. The summed E-state index contributed by atoms with van der Waals surface area (Å²) in [4.78, 5) is 0. The van der Waals surface area contributed by atoms with Crippen molar-refractivity contribution in [2.75, 3.05) is 0 Å². The number of hydrogen-bond acceptors (Lipinski definition) is 0. The fourth-order valence-electron chi connectivity index (χ4n) is 1.25. The molecule has 0 aromatic heterocycles. The van der Waals surface area contributed by atoms with E-state index in [-0.39, 0.29) is 38.5 Å². The molecule has 13 heavy (non-hydrogen) atoms. The molecule has 2 heteroatoms. The molecular formula is C11H36Si2. The summed E-state index contributed by atoms with van der Waals surface area (Å²) in [7, 11) is -0.930. The van der Waals surface area contributed by atoms with Crippen LogP contribution >= 0.6 is 0 Å². The van der Waals surface area contributed by atoms with E-state index in [1.807, 2.05) is 0 Å². The molecule has 0 aromatic rings. The molecule has 0 saturated heterocycles. The molecule has 0 spiro atoms. The van der Waals surface area contributed by atoms with Crippen LogP contribution in [-0.4, -0.2) is 16.9 Å². The SMILES string of the molecule is C.C.C.C.CC[Si](C)(C)C[SiH](C)C. The Morgan fingerprint density at radius 2 is 1.23 bits per heavy atom. The Kier molecular flexibility index (Phi) is 27.9. The standard InChI is InChI=1S/C7H20Si2.4CH4/c1-6-9(4,5)7-8(2)3;;;;/h8H,6-7H2,1-5H3;4*1H4. The van der Waals surface area contributed by atoms with Gasteiger partial charge in [0.05, 0.1) is 0 Å². The van der Waals surface area contributed by atoms with Crippen molar-refractivity contribution in [3.05, 3.63) is 0 Å². The Morgan fingerprint density at radius 3 is 1.31 bits per heavy atom. The highest BCUT2D eigenvalue weighted by Gasteiger charge is 2.18. The molecule has 0 aliphatic rings. The molecular weight excluding hydrogens is 188 g/mol. The van der Waals surface area contributed by atoms with Crippen LogP contribution in [0.4, 0.5) is 0 Å². The molecule has 0 saturated carbocycles. The normalized spacial score (nSPS) is 8.77. The highest BCUT2D eigenvalue weighted by molar-refractivity contribution is 6.87. The van der Waals surface area contributed by atoms with Gasteiger partial charge in [-0.15, -0.1) is 0 Å². The largest absolute Gasteiger partial charge is 0.0776 e. The van der Waals surface area contributed by atoms with Crippen molar-refractivity contribution in [3.8, 4) is 0 Å². The summed E-state index contributed by atoms with van der Waals surface area (Å²) in [5.41, 5.74) is 1.63. The second kappa shape index (κ2) is 12.4. The quantitative estimate of drug-likeness (QED) is 0.572. The van der Waals surface area contributed by atoms with Crippen LogP contribution in [0.5, 0.6) is 0 Å². The van der Waals surface area contributed by atoms with Gasteiger partial charge in [-0.2, -0.15) is 0 Å². The zero-order valence-electron chi connectivity index (χ0n) is 7.49. The van der Waals surface area contributed by atoms with Crippen molar-refractivity contribution >= 4 is 16.9 Å². The lowest BCUT2D eigenvalue weighted by atomic mass is 11.0. The zero-order valence-corrected chi connectivity index (χ0v) is 9.65. The molecule has 0 aromatic carbocycles. The van der Waals surface area contributed by atoms with Crippen molar-refractivity contribution in [3.63, 3.8) is 0 Å². The van der Waals surface area contributed by atoms with Gasteiger partial charge in [0.25, 0.3) is 0 Å². The van der Waals surface area contributed by atoms with Crippen molar-refractivity contribution in [2.45, 2.75) is 74.5 Å². The van der Waals surface area contributed by atoms with Gasteiger partial charge in [-0.05, 0) is 0 Å². The van der Waals surface area contributed by atoms with Crippen molar-refractivity contribution < 1.29 is 0 Å². The van der Waals surface area contributed by atoms with Gasteiger partial charge in [-0.25, -0.2) is 0 Å². The minimum Gasteiger partial charge on any atom is -0.0776 e. The summed E-state index contributed by atoms with van der Waals surface area (Å²) >= 11 is 0. The van der Waals surface area contributed by atoms with E-state index in [4.69, 9.17) is 0 Å². The van der Waals surface area contributed by atoms with Crippen LogP contribution in [0.25, 0.3) is 0 Å². The fourth-order valence-corrected chi connectivity index (χ4v) is 11.2. The van der Waals surface area contributed by atoms with Gasteiger partial charge < -0.3 is 0 Å². The zero-order chi connectivity index (χ0) is 7.49. The maximum atomic E-state index is 2.51. The van der Waals surface area contributed by atoms with E-state index in [1.54, 1.807) is 5.67 Å². The minimum absolute atomic E-state index is 0. The first-order chi connectivity index (χ1) is 3.98. The molecule has 0 nitrogen and oxygen atoms in total. The molecule has 0 aliphatic heterocycles. The molecule has 0 aliphatic carbocycles. The van der Waals surface area contributed by atoms with Crippen LogP contribution in [0.3, 0.4) is 0 Å². The lowest BCUT2D eigenvalue weighted by Crippen LogP contribution is -2.28. The fraction of sp³-hybridized carbons (Fsp3) is 1.00. The van der Waals surface area contributed by atoms with Crippen LogP contribution in [-0.2, 0) is 0 Å². The average Bonchev–Trinajstić information content (AvgIpc) is 1.63. The third-order valence-corrected chi connectivity index (χ3v) is 11.5. The topological polar surface area (TPSA) is 0 Å². The van der Waals surface area contributed by atoms with E-state index in [0.717, 1.165) is 0 Å². The monoisotopic (exact) mass is 224 g/mol. The lowest BCUT2D eigenvalue weighted by Gasteiger charge is -2.21. The van der Waals surface area contributed by atoms with Gasteiger partial charge in [0, 0.05) is 16.9 Å². The molecule has 88 valence electrons. The molecule has 0 radical (unpaired) electrons.